The molecule has 0 bridgehead atoms. The molecule has 6 N–H and O–H groups in total. The fourth-order valence-corrected chi connectivity index (χ4v) is 0.781. The maximum Gasteiger partial charge on any atom is 0.271 e. The van der Waals surface area contributed by atoms with Gasteiger partial charge < -0.3 is 11.5 Å². The van der Waals surface area contributed by atoms with Crippen LogP contribution in [0.3, 0.4) is 0 Å². The van der Waals surface area contributed by atoms with E-state index in [0.717, 1.165) is 5.01 Å². The number of hydrogen-bond donors (Lipinski definition) is 3. The normalized spacial score (nSPS) is 25.2. The first-order valence-electron chi connectivity index (χ1n) is 2.68. The van der Waals surface area contributed by atoms with Crippen molar-refractivity contribution < 1.29 is 4.79 Å². The first kappa shape index (κ1) is 6.47. The van der Waals surface area contributed by atoms with E-state index in [-0.39, 0.29) is 5.91 Å². The van der Waals surface area contributed by atoms with Gasteiger partial charge in [-0.1, -0.05) is 0 Å². The van der Waals surface area contributed by atoms with E-state index in [1.54, 1.807) is 0 Å². The number of carbonyl (C=O) groups is 1. The third-order valence-corrected chi connectivity index (χ3v) is 1.43. The van der Waals surface area contributed by atoms with Crippen molar-refractivity contribution in [1.29, 1.82) is 0 Å². The minimum Gasteiger partial charge on any atom is -0.305 e. The number of nitrogens with zero attached hydrogens (tertiary/aromatic N) is 1. The van der Waals surface area contributed by atoms with Crippen molar-refractivity contribution in [3.05, 3.63) is 0 Å². The summed E-state index contributed by atoms with van der Waals surface area (Å²) >= 11 is 0. The molecule has 5 heteroatoms. The van der Waals surface area contributed by atoms with Gasteiger partial charge in [0.25, 0.3) is 5.91 Å². The van der Waals surface area contributed by atoms with E-state index < -0.39 is 5.66 Å². The van der Waals surface area contributed by atoms with Crippen molar-refractivity contribution in [1.82, 2.24) is 5.01 Å². The standard InChI is InChI=1S/C4H10N4O/c5-4(6)1-2-8(7)3(4)9/h1-2,5-7H2. The van der Waals surface area contributed by atoms with Crippen LogP contribution in [0.1, 0.15) is 6.42 Å². The van der Waals surface area contributed by atoms with E-state index in [1.165, 1.54) is 0 Å². The van der Waals surface area contributed by atoms with Crippen molar-refractivity contribution in [3.8, 4) is 0 Å². The predicted octanol–water partition coefficient (Wildman–Crippen LogP) is -2.29. The lowest BCUT2D eigenvalue weighted by Crippen LogP contribution is -2.56. The minimum absolute atomic E-state index is 0.387. The lowest BCUT2D eigenvalue weighted by atomic mass is 10.2. The van der Waals surface area contributed by atoms with Crippen LogP contribution in [0.2, 0.25) is 0 Å². The molecule has 0 saturated carbocycles. The summed E-state index contributed by atoms with van der Waals surface area (Å²) in [6, 6.07) is 0. The first-order valence-corrected chi connectivity index (χ1v) is 2.68. The lowest BCUT2D eigenvalue weighted by molar-refractivity contribution is -0.132. The summed E-state index contributed by atoms with van der Waals surface area (Å²) in [7, 11) is 0. The van der Waals surface area contributed by atoms with Crippen LogP contribution >= 0.6 is 0 Å². The molecule has 5 nitrogen and oxygen atoms in total. The highest BCUT2D eigenvalue weighted by Gasteiger charge is 2.38. The van der Waals surface area contributed by atoms with E-state index in [2.05, 4.69) is 0 Å². The van der Waals surface area contributed by atoms with Gasteiger partial charge in [-0.05, 0) is 0 Å². The average molecular weight is 130 g/mol. The van der Waals surface area contributed by atoms with E-state index in [9.17, 15) is 4.79 Å². The van der Waals surface area contributed by atoms with E-state index in [1.807, 2.05) is 0 Å². The fourth-order valence-electron chi connectivity index (χ4n) is 0.781. The Labute approximate surface area is 52.7 Å². The van der Waals surface area contributed by atoms with Gasteiger partial charge in [-0.15, -0.1) is 0 Å². The number of carbonyl (C=O) groups excluding carboxylic acids is 1. The number of rotatable bonds is 0. The molecule has 9 heavy (non-hydrogen) atoms. The van der Waals surface area contributed by atoms with Gasteiger partial charge in [0.05, 0.1) is 0 Å². The zero-order valence-electron chi connectivity index (χ0n) is 5.00. The maximum absolute atomic E-state index is 10.8. The summed E-state index contributed by atoms with van der Waals surface area (Å²) in [5, 5.41) is 1.04. The van der Waals surface area contributed by atoms with Gasteiger partial charge >= 0.3 is 0 Å². The van der Waals surface area contributed by atoms with Crippen molar-refractivity contribution >= 4 is 5.91 Å². The zero-order valence-corrected chi connectivity index (χ0v) is 5.00. The Morgan fingerprint density at radius 1 is 1.56 bits per heavy atom. The fraction of sp³-hybridized carbons (Fsp3) is 0.750. The molecule has 0 aromatic rings. The molecular formula is C4H10N4O. The molecule has 1 aliphatic heterocycles. The number of hydrazine groups is 1. The second kappa shape index (κ2) is 1.66. The molecule has 1 heterocycles. The summed E-state index contributed by atoms with van der Waals surface area (Å²) in [6.45, 7) is 0.450. The second-order valence-electron chi connectivity index (χ2n) is 2.29. The Kier molecular flexibility index (Phi) is 1.20. The average Bonchev–Trinajstić information content (AvgIpc) is 1.97. The van der Waals surface area contributed by atoms with Gasteiger partial charge in [-0.3, -0.25) is 9.80 Å². The van der Waals surface area contributed by atoms with Crippen molar-refractivity contribution in [2.45, 2.75) is 12.1 Å². The van der Waals surface area contributed by atoms with Gasteiger partial charge in [0, 0.05) is 13.0 Å². The molecule has 1 fully saturated rings. The van der Waals surface area contributed by atoms with Crippen molar-refractivity contribution in [2.24, 2.45) is 17.3 Å². The summed E-state index contributed by atoms with van der Waals surface area (Å²) < 4.78 is 0. The molecule has 1 rings (SSSR count). The highest BCUT2D eigenvalue weighted by Crippen LogP contribution is 2.10. The van der Waals surface area contributed by atoms with Gasteiger partial charge in [0.15, 0.2) is 0 Å². The van der Waals surface area contributed by atoms with Crippen LogP contribution in [-0.4, -0.2) is 23.1 Å². The largest absolute Gasteiger partial charge is 0.305 e. The summed E-state index contributed by atoms with van der Waals surface area (Å²) in [4.78, 5) is 10.8. The SMILES string of the molecule is NN1CCC(N)(N)C1=O. The van der Waals surface area contributed by atoms with Crippen LogP contribution in [0.5, 0.6) is 0 Å². The summed E-state index contributed by atoms with van der Waals surface area (Å²) in [5.74, 6) is 4.79. The zero-order chi connectivity index (χ0) is 7.07. The smallest absolute Gasteiger partial charge is 0.271 e. The monoisotopic (exact) mass is 130 g/mol. The molecule has 0 aromatic carbocycles. The first-order chi connectivity index (χ1) is 4.04. The Bertz CT molecular complexity index is 144. The number of hydrogen-bond acceptors (Lipinski definition) is 4. The predicted molar refractivity (Wildman–Crippen MR) is 31.6 cm³/mol. The van der Waals surface area contributed by atoms with Crippen molar-refractivity contribution in [2.75, 3.05) is 6.54 Å². The van der Waals surface area contributed by atoms with E-state index >= 15 is 0 Å². The molecule has 1 saturated heterocycles. The number of nitrogens with two attached hydrogens (primary N) is 3. The second-order valence-corrected chi connectivity index (χ2v) is 2.29. The Balaban J connectivity index is 2.74. The molecular weight excluding hydrogens is 120 g/mol. The highest BCUT2D eigenvalue weighted by molar-refractivity contribution is 5.86. The molecule has 1 aliphatic rings. The lowest BCUT2D eigenvalue weighted by Gasteiger charge is -2.14. The number of amides is 1. The molecule has 0 aromatic heterocycles. The Morgan fingerprint density at radius 3 is 2.22 bits per heavy atom. The highest BCUT2D eigenvalue weighted by atomic mass is 16.2. The molecule has 0 unspecified atom stereocenters. The van der Waals surface area contributed by atoms with E-state index in [4.69, 9.17) is 17.3 Å². The van der Waals surface area contributed by atoms with E-state index in [0.29, 0.717) is 13.0 Å². The summed E-state index contributed by atoms with van der Waals surface area (Å²) in [6.07, 6.45) is 0.433. The van der Waals surface area contributed by atoms with Gasteiger partial charge in [0.1, 0.15) is 5.66 Å². The van der Waals surface area contributed by atoms with Crippen LogP contribution in [0, 0.1) is 0 Å². The Morgan fingerprint density at radius 2 is 2.11 bits per heavy atom. The molecule has 0 aliphatic carbocycles. The molecule has 1 amide bonds. The quantitative estimate of drug-likeness (QED) is 0.195. The Hall–Kier alpha value is -0.650. The third kappa shape index (κ3) is 0.893. The van der Waals surface area contributed by atoms with Crippen molar-refractivity contribution in [3.63, 3.8) is 0 Å². The molecule has 0 atom stereocenters. The van der Waals surface area contributed by atoms with Crippen LogP contribution in [0.4, 0.5) is 0 Å². The summed E-state index contributed by atoms with van der Waals surface area (Å²) in [5.41, 5.74) is 9.42. The molecule has 0 spiro atoms. The van der Waals surface area contributed by atoms with Crippen LogP contribution in [-0.2, 0) is 4.79 Å². The van der Waals surface area contributed by atoms with Gasteiger partial charge in [-0.2, -0.15) is 0 Å². The van der Waals surface area contributed by atoms with Crippen LogP contribution in [0.15, 0.2) is 0 Å². The van der Waals surface area contributed by atoms with Crippen LogP contribution in [0.25, 0.3) is 0 Å². The van der Waals surface area contributed by atoms with Gasteiger partial charge in [-0.25, -0.2) is 5.84 Å². The third-order valence-electron chi connectivity index (χ3n) is 1.43. The molecule has 52 valence electrons. The topological polar surface area (TPSA) is 98.4 Å². The molecule has 0 radical (unpaired) electrons. The maximum atomic E-state index is 10.8. The van der Waals surface area contributed by atoms with Gasteiger partial charge in [0.2, 0.25) is 0 Å². The minimum atomic E-state index is -1.21. The van der Waals surface area contributed by atoms with Crippen LogP contribution < -0.4 is 17.3 Å².